The Bertz CT molecular complexity index is 1360. The van der Waals surface area contributed by atoms with Crippen molar-refractivity contribution in [3.05, 3.63) is 101 Å². The maximum atomic E-state index is 13.5. The number of carboxylic acid groups (broad SMARTS) is 1. The van der Waals surface area contributed by atoms with Crippen LogP contribution in [0, 0.1) is 5.92 Å². The Morgan fingerprint density at radius 2 is 1.48 bits per heavy atom. The van der Waals surface area contributed by atoms with Crippen molar-refractivity contribution in [2.75, 3.05) is 31.5 Å². The lowest BCUT2D eigenvalue weighted by Gasteiger charge is -2.51. The number of nitrogens with one attached hydrogen (secondary N) is 1. The molecule has 0 saturated carbocycles. The van der Waals surface area contributed by atoms with Gasteiger partial charge in [0.15, 0.2) is 12.1 Å². The van der Waals surface area contributed by atoms with E-state index in [-0.39, 0.29) is 17.9 Å². The Kier molecular flexibility index (Phi) is 9.90. The fraction of sp³-hybridized carbons (Fsp3) is 0.323. The molecule has 2 atom stereocenters. The van der Waals surface area contributed by atoms with E-state index in [0.29, 0.717) is 28.5 Å². The van der Waals surface area contributed by atoms with Crippen molar-refractivity contribution in [1.82, 2.24) is 0 Å². The van der Waals surface area contributed by atoms with Crippen molar-refractivity contribution in [3.8, 4) is 0 Å². The zero-order chi connectivity index (χ0) is 30.3. The summed E-state index contributed by atoms with van der Waals surface area (Å²) >= 11 is 6.09. The maximum Gasteiger partial charge on any atom is 0.430 e. The highest BCUT2D eigenvalue weighted by atomic mass is 35.5. The van der Waals surface area contributed by atoms with Crippen LogP contribution < -0.4 is 10.4 Å². The number of esters is 1. The molecule has 0 aliphatic carbocycles. The Hall–Kier alpha value is -3.89. The zero-order valence-corrected chi connectivity index (χ0v) is 23.3. The van der Waals surface area contributed by atoms with Crippen molar-refractivity contribution < 1.29 is 41.9 Å². The molecule has 7 nitrogen and oxygen atoms in total. The number of carbonyl (C=O) groups excluding carboxylic acids is 3. The summed E-state index contributed by atoms with van der Waals surface area (Å²) in [4.78, 5) is 35.3. The van der Waals surface area contributed by atoms with Crippen molar-refractivity contribution in [2.45, 2.75) is 31.2 Å². The molecular formula is C31H30ClF3N2O5. The largest absolute Gasteiger partial charge is 0.542 e. The summed E-state index contributed by atoms with van der Waals surface area (Å²) in [6.45, 7) is 3.06. The number of anilines is 1. The third kappa shape index (κ3) is 8.10. The molecule has 3 aliphatic rings. The van der Waals surface area contributed by atoms with Crippen molar-refractivity contribution in [3.63, 3.8) is 0 Å². The molecule has 2 bridgehead atoms. The highest BCUT2D eigenvalue weighted by Gasteiger charge is 2.49. The van der Waals surface area contributed by atoms with Crippen molar-refractivity contribution in [1.29, 1.82) is 0 Å². The molecule has 222 valence electrons. The third-order valence-corrected chi connectivity index (χ3v) is 7.89. The first-order valence-corrected chi connectivity index (χ1v) is 13.8. The van der Waals surface area contributed by atoms with Crippen LogP contribution in [0.4, 0.5) is 18.9 Å². The summed E-state index contributed by atoms with van der Waals surface area (Å²) in [6, 6.07) is 25.8. The Labute approximate surface area is 246 Å². The number of alkyl halides is 3. The van der Waals surface area contributed by atoms with Gasteiger partial charge in [-0.05, 0) is 29.8 Å². The number of rotatable bonds is 8. The molecule has 3 aliphatic heterocycles. The zero-order valence-electron chi connectivity index (χ0n) is 22.6. The molecule has 0 spiro atoms. The van der Waals surface area contributed by atoms with Gasteiger partial charge in [-0.15, -0.1) is 0 Å². The molecule has 0 amide bonds. The number of para-hydroxylation sites is 1. The molecular weight excluding hydrogens is 573 g/mol. The number of ether oxygens (including phenoxy) is 1. The van der Waals surface area contributed by atoms with Gasteiger partial charge in [0.25, 0.3) is 0 Å². The monoisotopic (exact) mass is 602 g/mol. The van der Waals surface area contributed by atoms with Gasteiger partial charge in [-0.3, -0.25) is 4.79 Å². The lowest BCUT2D eigenvalue weighted by Crippen LogP contribution is -2.65. The Morgan fingerprint density at radius 3 is 2.02 bits per heavy atom. The minimum Gasteiger partial charge on any atom is -0.542 e. The van der Waals surface area contributed by atoms with Gasteiger partial charge in [0, 0.05) is 35.0 Å². The molecule has 1 unspecified atom stereocenters. The average Bonchev–Trinajstić information content (AvgIpc) is 2.97. The van der Waals surface area contributed by atoms with Gasteiger partial charge in [0.1, 0.15) is 19.1 Å². The van der Waals surface area contributed by atoms with Crippen LogP contribution in [0.15, 0.2) is 84.9 Å². The predicted molar refractivity (Wildman–Crippen MR) is 148 cm³/mol. The second-order valence-electron chi connectivity index (χ2n) is 10.5. The molecule has 3 saturated heterocycles. The number of halogens is 4. The SMILES string of the molecule is O=C(C[N+]12CCC(CC1)[C@@H](OC(=O)C(Nc1ccccc1)c1ccc(Cl)cc1)C2)c1ccccc1.O=C([O-])C(F)(F)F. The van der Waals surface area contributed by atoms with E-state index in [1.807, 2.05) is 72.8 Å². The summed E-state index contributed by atoms with van der Waals surface area (Å²) in [5, 5.41) is 12.7. The standard InChI is InChI=1S/C29H30ClN2O3.C2HF3O2/c30-24-13-11-23(12-14-24)28(31-25-9-5-2-6-10-25)29(34)35-27-20-32(17-15-22(27)16-18-32)19-26(33)21-7-3-1-4-8-21;3-2(4,5)1(6)7/h1-14,22,27-28,31H,15-20H2;(H,6,7)/q+1;/p-1/t22?,27-,28?,32?;/m0./s1. The highest BCUT2D eigenvalue weighted by Crippen LogP contribution is 2.37. The van der Waals surface area contributed by atoms with E-state index in [1.54, 1.807) is 12.1 Å². The smallest absolute Gasteiger partial charge is 0.430 e. The van der Waals surface area contributed by atoms with E-state index < -0.39 is 18.2 Å². The molecule has 3 fully saturated rings. The summed E-state index contributed by atoms with van der Waals surface area (Å²) in [5.74, 6) is -2.82. The average molecular weight is 603 g/mol. The van der Waals surface area contributed by atoms with Crippen LogP contribution in [0.1, 0.15) is 34.8 Å². The minimum atomic E-state index is -5.19. The number of aliphatic carboxylic acids is 1. The molecule has 42 heavy (non-hydrogen) atoms. The Balaban J connectivity index is 0.000000517. The number of carboxylic acids is 1. The molecule has 1 N–H and O–H groups in total. The second-order valence-corrected chi connectivity index (χ2v) is 10.9. The number of hydrogen-bond donors (Lipinski definition) is 1. The summed E-state index contributed by atoms with van der Waals surface area (Å²) in [5.41, 5.74) is 2.39. The fourth-order valence-corrected chi connectivity index (χ4v) is 5.57. The van der Waals surface area contributed by atoms with Gasteiger partial charge in [0.05, 0.1) is 13.1 Å². The van der Waals surface area contributed by atoms with Crippen LogP contribution >= 0.6 is 11.6 Å². The van der Waals surface area contributed by atoms with Crippen LogP contribution in [0.5, 0.6) is 0 Å². The fourth-order valence-electron chi connectivity index (χ4n) is 5.45. The van der Waals surface area contributed by atoms with E-state index in [4.69, 9.17) is 26.2 Å². The van der Waals surface area contributed by atoms with Crippen LogP contribution in [0.3, 0.4) is 0 Å². The van der Waals surface area contributed by atoms with E-state index in [2.05, 4.69) is 5.32 Å². The van der Waals surface area contributed by atoms with Crippen molar-refractivity contribution in [2.24, 2.45) is 5.92 Å². The summed E-state index contributed by atoms with van der Waals surface area (Å²) in [7, 11) is 0. The number of hydrogen-bond acceptors (Lipinski definition) is 6. The lowest BCUT2D eigenvalue weighted by molar-refractivity contribution is -0.938. The normalized spacial score (nSPS) is 21.8. The van der Waals surface area contributed by atoms with E-state index in [1.165, 1.54) is 0 Å². The molecule has 6 rings (SSSR count). The number of nitrogens with zero attached hydrogens (tertiary/aromatic N) is 1. The second kappa shape index (κ2) is 13.4. The van der Waals surface area contributed by atoms with Gasteiger partial charge in [-0.25, -0.2) is 4.79 Å². The van der Waals surface area contributed by atoms with Crippen LogP contribution in [-0.4, -0.2) is 60.7 Å². The van der Waals surface area contributed by atoms with Crippen molar-refractivity contribution >= 4 is 35.0 Å². The number of piperidine rings is 3. The highest BCUT2D eigenvalue weighted by molar-refractivity contribution is 6.30. The van der Waals surface area contributed by atoms with Gasteiger partial charge in [0.2, 0.25) is 5.78 Å². The quantitative estimate of drug-likeness (QED) is 0.226. The lowest BCUT2D eigenvalue weighted by atomic mass is 9.82. The predicted octanol–water partition coefficient (Wildman–Crippen LogP) is 4.83. The molecule has 0 radical (unpaired) electrons. The topological polar surface area (TPSA) is 95.5 Å². The van der Waals surface area contributed by atoms with Crippen LogP contribution in [-0.2, 0) is 14.3 Å². The van der Waals surface area contributed by atoms with Crippen LogP contribution in [0.25, 0.3) is 0 Å². The van der Waals surface area contributed by atoms with Gasteiger partial charge < -0.3 is 24.4 Å². The molecule has 0 aromatic heterocycles. The number of fused-ring (bicyclic) bond motifs is 3. The van der Waals surface area contributed by atoms with Gasteiger partial charge >= 0.3 is 12.1 Å². The summed E-state index contributed by atoms with van der Waals surface area (Å²) in [6.07, 6.45) is -3.45. The third-order valence-electron chi connectivity index (χ3n) is 7.64. The molecule has 3 aromatic rings. The maximum absolute atomic E-state index is 13.5. The number of ketones is 1. The molecule has 3 aromatic carbocycles. The van der Waals surface area contributed by atoms with Crippen LogP contribution in [0.2, 0.25) is 5.02 Å². The first-order valence-electron chi connectivity index (χ1n) is 13.4. The minimum absolute atomic E-state index is 0.154. The van der Waals surface area contributed by atoms with Gasteiger partial charge in [-0.2, -0.15) is 13.2 Å². The molecule has 3 heterocycles. The number of benzene rings is 3. The number of carbonyl (C=O) groups is 3. The Morgan fingerprint density at radius 1 is 0.929 bits per heavy atom. The van der Waals surface area contributed by atoms with E-state index in [9.17, 15) is 22.8 Å². The van der Waals surface area contributed by atoms with Gasteiger partial charge in [-0.1, -0.05) is 72.3 Å². The summed E-state index contributed by atoms with van der Waals surface area (Å²) < 4.78 is 38.4. The first kappa shape index (κ1) is 31.1. The number of Topliss-reactive ketones (excluding diaryl/α,β-unsaturated/α-hetero) is 1. The molecule has 11 heteroatoms. The number of quaternary nitrogens is 1. The van der Waals surface area contributed by atoms with E-state index >= 15 is 0 Å². The van der Waals surface area contributed by atoms with E-state index in [0.717, 1.165) is 42.7 Å². The first-order chi connectivity index (χ1) is 20.0.